The average Bonchev–Trinajstić information content (AvgIpc) is 3.08. The first kappa shape index (κ1) is 14.8. The highest BCUT2D eigenvalue weighted by atomic mass is 32.1. The van der Waals surface area contributed by atoms with Crippen molar-refractivity contribution in [2.75, 3.05) is 13.6 Å². The lowest BCUT2D eigenvalue weighted by Crippen LogP contribution is -2.27. The summed E-state index contributed by atoms with van der Waals surface area (Å²) in [6, 6.07) is 5.97. The van der Waals surface area contributed by atoms with Crippen LogP contribution in [0.1, 0.15) is 15.3 Å². The number of thiophene rings is 2. The van der Waals surface area contributed by atoms with Gasteiger partial charge in [-0.1, -0.05) is 17.9 Å². The molecule has 2 heterocycles. The first-order valence-electron chi connectivity index (χ1n) is 6.21. The number of amides is 1. The zero-order valence-corrected chi connectivity index (χ0v) is 12.9. The first-order valence-corrected chi connectivity index (χ1v) is 7.97. The maximum absolute atomic E-state index is 12.1. The second-order valence-electron chi connectivity index (χ2n) is 4.31. The molecule has 2 aromatic rings. The zero-order valence-electron chi connectivity index (χ0n) is 11.3. The molecule has 0 radical (unpaired) electrons. The van der Waals surface area contributed by atoms with Crippen LogP contribution in [-0.4, -0.2) is 24.4 Å². The molecule has 3 nitrogen and oxygen atoms in total. The minimum absolute atomic E-state index is 0.135. The third-order valence-electron chi connectivity index (χ3n) is 2.71. The SMILES string of the molecule is CN(Cc1cc(C#CCN)cs1)C(=O)Cc1cccs1. The highest BCUT2D eigenvalue weighted by molar-refractivity contribution is 7.10. The highest BCUT2D eigenvalue weighted by Crippen LogP contribution is 2.17. The van der Waals surface area contributed by atoms with E-state index in [0.29, 0.717) is 19.5 Å². The molecule has 0 fully saturated rings. The Morgan fingerprint density at radius 1 is 1.40 bits per heavy atom. The van der Waals surface area contributed by atoms with Crippen LogP contribution >= 0.6 is 22.7 Å². The van der Waals surface area contributed by atoms with Gasteiger partial charge in [-0.15, -0.1) is 22.7 Å². The van der Waals surface area contributed by atoms with E-state index in [1.807, 2.05) is 36.0 Å². The fourth-order valence-corrected chi connectivity index (χ4v) is 3.27. The molecule has 0 atom stereocenters. The molecule has 0 bridgehead atoms. The summed E-state index contributed by atoms with van der Waals surface area (Å²) in [6.45, 7) is 0.990. The van der Waals surface area contributed by atoms with Crippen LogP contribution in [0.3, 0.4) is 0 Å². The molecule has 0 spiro atoms. The molecule has 0 aliphatic heterocycles. The summed E-state index contributed by atoms with van der Waals surface area (Å²) < 4.78 is 0. The summed E-state index contributed by atoms with van der Waals surface area (Å²) in [5.74, 6) is 5.96. The third-order valence-corrected chi connectivity index (χ3v) is 4.51. The molecule has 5 heteroatoms. The van der Waals surface area contributed by atoms with Crippen LogP contribution < -0.4 is 5.73 Å². The lowest BCUT2D eigenvalue weighted by Gasteiger charge is -2.15. The fraction of sp³-hybridized carbons (Fsp3) is 0.267. The van der Waals surface area contributed by atoms with Gasteiger partial charge in [0.05, 0.1) is 19.5 Å². The Balaban J connectivity index is 1.92. The summed E-state index contributed by atoms with van der Waals surface area (Å²) in [5.41, 5.74) is 6.31. The Morgan fingerprint density at radius 3 is 2.95 bits per heavy atom. The number of hydrogen-bond donors (Lipinski definition) is 1. The maximum Gasteiger partial charge on any atom is 0.227 e. The molecule has 0 saturated carbocycles. The van der Waals surface area contributed by atoms with Crippen LogP contribution in [-0.2, 0) is 17.8 Å². The third kappa shape index (κ3) is 4.20. The maximum atomic E-state index is 12.1. The van der Waals surface area contributed by atoms with Crippen LogP contribution in [0.4, 0.5) is 0 Å². The largest absolute Gasteiger partial charge is 0.340 e. The van der Waals surface area contributed by atoms with Crippen molar-refractivity contribution in [2.45, 2.75) is 13.0 Å². The number of likely N-dealkylation sites (N-methyl/N-ethyl adjacent to an activating group) is 1. The molecule has 2 N–H and O–H groups in total. The van der Waals surface area contributed by atoms with Crippen molar-refractivity contribution in [3.05, 3.63) is 44.3 Å². The van der Waals surface area contributed by atoms with E-state index in [2.05, 4.69) is 11.8 Å². The number of carbonyl (C=O) groups is 1. The smallest absolute Gasteiger partial charge is 0.227 e. The molecular formula is C15H16N2OS2. The van der Waals surface area contributed by atoms with Crippen LogP contribution in [0.5, 0.6) is 0 Å². The Labute approximate surface area is 127 Å². The lowest BCUT2D eigenvalue weighted by atomic mass is 10.3. The summed E-state index contributed by atoms with van der Waals surface area (Å²) in [6.07, 6.45) is 0.472. The Kier molecular flexibility index (Phi) is 5.36. The topological polar surface area (TPSA) is 46.3 Å². The standard InChI is InChI=1S/C15H16N2OS2/c1-17(15(18)9-13-5-3-7-19-13)10-14-8-12(11-20-14)4-2-6-16/h3,5,7-8,11H,6,9-10,16H2,1H3. The van der Waals surface area contributed by atoms with Gasteiger partial charge in [0.1, 0.15) is 0 Å². The van der Waals surface area contributed by atoms with E-state index in [9.17, 15) is 4.79 Å². The van der Waals surface area contributed by atoms with E-state index in [1.165, 1.54) is 0 Å². The first-order chi connectivity index (χ1) is 9.69. The average molecular weight is 304 g/mol. The molecule has 1 amide bonds. The van der Waals surface area contributed by atoms with Gasteiger partial charge < -0.3 is 10.6 Å². The number of nitrogens with zero attached hydrogens (tertiary/aromatic N) is 1. The van der Waals surface area contributed by atoms with E-state index >= 15 is 0 Å². The summed E-state index contributed by atoms with van der Waals surface area (Å²) in [7, 11) is 1.83. The van der Waals surface area contributed by atoms with Crippen molar-refractivity contribution in [3.8, 4) is 11.8 Å². The molecule has 0 saturated heterocycles. The molecule has 2 rings (SSSR count). The van der Waals surface area contributed by atoms with Crippen molar-refractivity contribution < 1.29 is 4.79 Å². The number of nitrogens with two attached hydrogens (primary N) is 1. The zero-order chi connectivity index (χ0) is 14.4. The van der Waals surface area contributed by atoms with Crippen LogP contribution in [0.15, 0.2) is 29.0 Å². The van der Waals surface area contributed by atoms with Crippen molar-refractivity contribution in [2.24, 2.45) is 5.73 Å². The number of rotatable bonds is 4. The summed E-state index contributed by atoms with van der Waals surface area (Å²) >= 11 is 3.23. The number of hydrogen-bond acceptors (Lipinski definition) is 4. The second-order valence-corrected chi connectivity index (χ2v) is 6.34. The van der Waals surface area contributed by atoms with Crippen molar-refractivity contribution >= 4 is 28.6 Å². The quantitative estimate of drug-likeness (QED) is 0.881. The molecule has 20 heavy (non-hydrogen) atoms. The number of carbonyl (C=O) groups excluding carboxylic acids is 1. The van der Waals surface area contributed by atoms with E-state index in [-0.39, 0.29) is 5.91 Å². The van der Waals surface area contributed by atoms with E-state index < -0.39 is 0 Å². The van der Waals surface area contributed by atoms with Gasteiger partial charge in [-0.2, -0.15) is 0 Å². The van der Waals surface area contributed by atoms with E-state index in [1.54, 1.807) is 27.6 Å². The minimum Gasteiger partial charge on any atom is -0.340 e. The molecule has 0 aliphatic carbocycles. The Morgan fingerprint density at radius 2 is 2.25 bits per heavy atom. The van der Waals surface area contributed by atoms with Crippen LogP contribution in [0, 0.1) is 11.8 Å². The molecule has 0 unspecified atom stereocenters. The molecular weight excluding hydrogens is 288 g/mol. The van der Waals surface area contributed by atoms with Crippen molar-refractivity contribution in [1.82, 2.24) is 4.90 Å². The van der Waals surface area contributed by atoms with E-state index in [0.717, 1.165) is 15.3 Å². The summed E-state index contributed by atoms with van der Waals surface area (Å²) in [5, 5.41) is 3.99. The van der Waals surface area contributed by atoms with Gasteiger partial charge in [0.2, 0.25) is 5.91 Å². The van der Waals surface area contributed by atoms with Gasteiger partial charge in [0.15, 0.2) is 0 Å². The van der Waals surface area contributed by atoms with Gasteiger partial charge in [0, 0.05) is 27.7 Å². The normalized spacial score (nSPS) is 9.90. The molecule has 2 aromatic heterocycles. The fourth-order valence-electron chi connectivity index (χ4n) is 1.70. The second kappa shape index (κ2) is 7.25. The minimum atomic E-state index is 0.135. The highest BCUT2D eigenvalue weighted by Gasteiger charge is 2.11. The van der Waals surface area contributed by atoms with Gasteiger partial charge in [-0.05, 0) is 17.5 Å². The summed E-state index contributed by atoms with van der Waals surface area (Å²) in [4.78, 5) is 16.1. The van der Waals surface area contributed by atoms with Gasteiger partial charge in [0.25, 0.3) is 0 Å². The molecule has 104 valence electrons. The van der Waals surface area contributed by atoms with Gasteiger partial charge in [-0.3, -0.25) is 4.79 Å². The van der Waals surface area contributed by atoms with Crippen molar-refractivity contribution in [3.63, 3.8) is 0 Å². The van der Waals surface area contributed by atoms with Gasteiger partial charge >= 0.3 is 0 Å². The molecule has 0 aromatic carbocycles. The van der Waals surface area contributed by atoms with E-state index in [4.69, 9.17) is 5.73 Å². The lowest BCUT2D eigenvalue weighted by molar-refractivity contribution is -0.129. The van der Waals surface area contributed by atoms with Crippen LogP contribution in [0.2, 0.25) is 0 Å². The monoisotopic (exact) mass is 304 g/mol. The molecule has 0 aliphatic rings. The predicted octanol–water partition coefficient (Wildman–Crippen LogP) is 2.32. The Hall–Kier alpha value is -1.61. The Bertz CT molecular complexity index is 620. The van der Waals surface area contributed by atoms with Crippen molar-refractivity contribution in [1.29, 1.82) is 0 Å². The van der Waals surface area contributed by atoms with Gasteiger partial charge in [-0.25, -0.2) is 0 Å². The predicted molar refractivity (Wildman–Crippen MR) is 84.7 cm³/mol. The van der Waals surface area contributed by atoms with Crippen LogP contribution in [0.25, 0.3) is 0 Å².